The van der Waals surface area contributed by atoms with Gasteiger partial charge in [0, 0.05) is 17.1 Å². The number of carbonyl (C=O) groups is 1. The van der Waals surface area contributed by atoms with E-state index in [1.165, 1.54) is 23.6 Å². The van der Waals surface area contributed by atoms with Crippen LogP contribution >= 0.6 is 15.9 Å². The van der Waals surface area contributed by atoms with Gasteiger partial charge in [0.2, 0.25) is 15.9 Å². The summed E-state index contributed by atoms with van der Waals surface area (Å²) in [5.74, 6) is -0.239. The Morgan fingerprint density at radius 2 is 1.53 bits per heavy atom. The number of amides is 1. The summed E-state index contributed by atoms with van der Waals surface area (Å²) in [6.45, 7) is -0.0406. The van der Waals surface area contributed by atoms with Crippen LogP contribution in [0.5, 0.6) is 0 Å². The maximum absolute atomic E-state index is 13.3. The van der Waals surface area contributed by atoms with Crippen LogP contribution in [0.15, 0.2) is 64.0 Å². The van der Waals surface area contributed by atoms with Gasteiger partial charge in [0.15, 0.2) is 0 Å². The molecule has 0 bridgehead atoms. The fourth-order valence-corrected chi connectivity index (χ4v) is 5.45. The average Bonchev–Trinajstić information content (AvgIpc) is 2.70. The summed E-state index contributed by atoms with van der Waals surface area (Å²) >= 11 is 3.34. The number of hydrogen-bond acceptors (Lipinski definition) is 3. The number of rotatable bonds is 7. The second-order valence-corrected chi connectivity index (χ2v) is 10.7. The molecule has 0 aromatic heterocycles. The average molecular weight is 493 g/mol. The van der Waals surface area contributed by atoms with Gasteiger partial charge in [-0.05, 0) is 42.7 Å². The molecular weight excluding hydrogens is 464 g/mol. The summed E-state index contributed by atoms with van der Waals surface area (Å²) in [6.07, 6.45) is 7.80. The maximum atomic E-state index is 13.3. The lowest BCUT2D eigenvalue weighted by Crippen LogP contribution is -2.44. The molecule has 0 aliphatic heterocycles. The number of nitrogens with one attached hydrogen (secondary N) is 1. The molecule has 0 saturated heterocycles. The van der Waals surface area contributed by atoms with Gasteiger partial charge in [0.1, 0.15) is 0 Å². The lowest BCUT2D eigenvalue weighted by atomic mass is 9.97. The molecule has 1 fully saturated rings. The molecule has 1 aliphatic carbocycles. The molecule has 3 rings (SSSR count). The Bertz CT molecular complexity index is 909. The highest BCUT2D eigenvalue weighted by atomic mass is 79.9. The van der Waals surface area contributed by atoms with Crippen LogP contribution in [0.3, 0.4) is 0 Å². The van der Waals surface area contributed by atoms with E-state index in [1.807, 2.05) is 30.3 Å². The Balaban J connectivity index is 1.76. The molecule has 1 amide bonds. The summed E-state index contributed by atoms with van der Waals surface area (Å²) in [7, 11) is -3.81. The van der Waals surface area contributed by atoms with Crippen molar-refractivity contribution in [1.82, 2.24) is 9.62 Å². The molecule has 1 N–H and O–H groups in total. The number of carbonyl (C=O) groups excluding carboxylic acids is 1. The van der Waals surface area contributed by atoms with Gasteiger partial charge in [-0.3, -0.25) is 4.79 Å². The molecule has 0 atom stereocenters. The second kappa shape index (κ2) is 11.1. The predicted octanol–water partition coefficient (Wildman–Crippen LogP) is 4.87. The van der Waals surface area contributed by atoms with E-state index in [-0.39, 0.29) is 29.9 Å². The molecule has 30 heavy (non-hydrogen) atoms. The zero-order valence-corrected chi connectivity index (χ0v) is 19.5. The van der Waals surface area contributed by atoms with Crippen LogP contribution in [0.1, 0.15) is 50.5 Å². The predicted molar refractivity (Wildman–Crippen MR) is 122 cm³/mol. The van der Waals surface area contributed by atoms with Gasteiger partial charge < -0.3 is 5.32 Å². The van der Waals surface area contributed by atoms with Gasteiger partial charge in [-0.15, -0.1) is 0 Å². The molecule has 0 unspecified atom stereocenters. The van der Waals surface area contributed by atoms with Gasteiger partial charge in [0.05, 0.1) is 11.4 Å². The molecule has 2 aromatic carbocycles. The highest BCUT2D eigenvalue weighted by molar-refractivity contribution is 9.10. The van der Waals surface area contributed by atoms with Gasteiger partial charge >= 0.3 is 0 Å². The van der Waals surface area contributed by atoms with E-state index in [9.17, 15) is 13.2 Å². The third-order valence-electron chi connectivity index (χ3n) is 5.44. The monoisotopic (exact) mass is 492 g/mol. The van der Waals surface area contributed by atoms with Crippen LogP contribution in [0.4, 0.5) is 0 Å². The van der Waals surface area contributed by atoms with Crippen LogP contribution in [0.2, 0.25) is 0 Å². The third kappa shape index (κ3) is 6.65. The molecule has 1 saturated carbocycles. The highest BCUT2D eigenvalue weighted by Crippen LogP contribution is 2.21. The molecule has 5 nitrogen and oxygen atoms in total. The molecule has 162 valence electrons. The first-order chi connectivity index (χ1) is 14.4. The minimum absolute atomic E-state index is 0.131. The quantitative estimate of drug-likeness (QED) is 0.599. The van der Waals surface area contributed by atoms with Crippen molar-refractivity contribution in [3.63, 3.8) is 0 Å². The van der Waals surface area contributed by atoms with E-state index >= 15 is 0 Å². The Morgan fingerprint density at radius 1 is 0.933 bits per heavy atom. The van der Waals surface area contributed by atoms with Gasteiger partial charge in [-0.2, -0.15) is 4.31 Å². The summed E-state index contributed by atoms with van der Waals surface area (Å²) in [4.78, 5) is 13.0. The van der Waals surface area contributed by atoms with Crippen molar-refractivity contribution in [1.29, 1.82) is 0 Å². The van der Waals surface area contributed by atoms with Crippen LogP contribution in [0, 0.1) is 0 Å². The van der Waals surface area contributed by atoms with Crippen molar-refractivity contribution in [3.8, 4) is 0 Å². The normalized spacial score (nSPS) is 16.1. The van der Waals surface area contributed by atoms with Crippen molar-refractivity contribution >= 4 is 31.9 Å². The van der Waals surface area contributed by atoms with Crippen molar-refractivity contribution in [2.75, 3.05) is 6.54 Å². The zero-order chi connectivity index (χ0) is 21.4. The van der Waals surface area contributed by atoms with E-state index in [0.717, 1.165) is 35.7 Å². The third-order valence-corrected chi connectivity index (χ3v) is 7.78. The Kier molecular flexibility index (Phi) is 8.48. The summed E-state index contributed by atoms with van der Waals surface area (Å²) in [5, 5.41) is 3.08. The topological polar surface area (TPSA) is 66.5 Å². The first-order valence-electron chi connectivity index (χ1n) is 10.5. The zero-order valence-electron chi connectivity index (χ0n) is 17.1. The Hall–Kier alpha value is -1.70. The van der Waals surface area contributed by atoms with Crippen molar-refractivity contribution in [2.45, 2.75) is 62.4 Å². The Labute approximate surface area is 188 Å². The fraction of sp³-hybridized carbons (Fsp3) is 0.435. The summed E-state index contributed by atoms with van der Waals surface area (Å²) < 4.78 is 28.7. The van der Waals surface area contributed by atoms with E-state index < -0.39 is 10.0 Å². The minimum atomic E-state index is -3.81. The van der Waals surface area contributed by atoms with Gasteiger partial charge in [0.25, 0.3) is 0 Å². The van der Waals surface area contributed by atoms with Crippen molar-refractivity contribution in [2.24, 2.45) is 0 Å². The van der Waals surface area contributed by atoms with Crippen molar-refractivity contribution in [3.05, 3.63) is 64.6 Å². The highest BCUT2D eigenvalue weighted by Gasteiger charge is 2.27. The molecule has 7 heteroatoms. The number of halogens is 1. The first-order valence-corrected chi connectivity index (χ1v) is 12.8. The van der Waals surface area contributed by atoms with Crippen LogP contribution in [0.25, 0.3) is 0 Å². The lowest BCUT2D eigenvalue weighted by Gasteiger charge is -2.25. The maximum Gasteiger partial charge on any atom is 0.243 e. The fourth-order valence-electron chi connectivity index (χ4n) is 3.80. The molecular formula is C23H29BrN2O3S. The molecule has 0 heterocycles. The second-order valence-electron chi connectivity index (χ2n) is 7.82. The number of sulfonamides is 1. The lowest BCUT2D eigenvalue weighted by molar-refractivity contribution is -0.122. The van der Waals surface area contributed by atoms with Crippen LogP contribution < -0.4 is 5.32 Å². The smallest absolute Gasteiger partial charge is 0.243 e. The molecule has 0 radical (unpaired) electrons. The molecule has 0 spiro atoms. The molecule has 1 aliphatic rings. The summed E-state index contributed by atoms with van der Waals surface area (Å²) in [6, 6.07) is 16.0. The molecule has 2 aromatic rings. The van der Waals surface area contributed by atoms with Gasteiger partial charge in [-0.25, -0.2) is 8.42 Å². The van der Waals surface area contributed by atoms with Crippen LogP contribution in [-0.2, 0) is 21.4 Å². The minimum Gasteiger partial charge on any atom is -0.352 e. The largest absolute Gasteiger partial charge is 0.352 e. The van der Waals surface area contributed by atoms with Crippen LogP contribution in [-0.4, -0.2) is 31.2 Å². The Morgan fingerprint density at radius 3 is 2.17 bits per heavy atom. The van der Waals surface area contributed by atoms with Gasteiger partial charge in [-0.1, -0.05) is 78.4 Å². The summed E-state index contributed by atoms with van der Waals surface area (Å²) in [5.41, 5.74) is 0.844. The standard InChI is InChI=1S/C23H29BrN2O3S/c24-20-13-15-22(16-14-20)30(28,29)26(17-19-9-5-4-6-10-19)18-23(27)25-21-11-7-2-1-3-8-12-21/h4-6,9-10,13-16,21H,1-3,7-8,11-12,17-18H2,(H,25,27). The van der Waals surface area contributed by atoms with E-state index in [2.05, 4.69) is 21.2 Å². The number of benzene rings is 2. The van der Waals surface area contributed by atoms with Crippen molar-refractivity contribution < 1.29 is 13.2 Å². The van der Waals surface area contributed by atoms with E-state index in [1.54, 1.807) is 24.3 Å². The number of hydrogen-bond donors (Lipinski definition) is 1. The van der Waals surface area contributed by atoms with E-state index in [0.29, 0.717) is 0 Å². The van der Waals surface area contributed by atoms with E-state index in [4.69, 9.17) is 0 Å². The first kappa shape index (κ1) is 23.0. The SMILES string of the molecule is O=C(CN(Cc1ccccc1)S(=O)(=O)c1ccc(Br)cc1)NC1CCCCCCC1. The number of nitrogens with zero attached hydrogens (tertiary/aromatic N) is 1.